The molecule has 1 fully saturated rings. The Morgan fingerprint density at radius 1 is 1.42 bits per heavy atom. The van der Waals surface area contributed by atoms with E-state index in [4.69, 9.17) is 0 Å². The van der Waals surface area contributed by atoms with Crippen molar-refractivity contribution in [1.29, 1.82) is 0 Å². The van der Waals surface area contributed by atoms with Crippen LogP contribution in [0.5, 0.6) is 0 Å². The first-order chi connectivity index (χ1) is 9.08. The van der Waals surface area contributed by atoms with Gasteiger partial charge in [0.1, 0.15) is 0 Å². The second-order valence-corrected chi connectivity index (χ2v) is 6.42. The van der Waals surface area contributed by atoms with E-state index in [-0.39, 0.29) is 0 Å². The average Bonchev–Trinajstić information content (AvgIpc) is 2.40. The van der Waals surface area contributed by atoms with Gasteiger partial charge in [-0.2, -0.15) is 0 Å². The Morgan fingerprint density at radius 2 is 2.21 bits per heavy atom. The zero-order valence-corrected chi connectivity index (χ0v) is 13.4. The summed E-state index contributed by atoms with van der Waals surface area (Å²) >= 11 is 3.49. The fourth-order valence-electron chi connectivity index (χ4n) is 2.76. The van der Waals surface area contributed by atoms with E-state index in [0.717, 1.165) is 30.3 Å². The predicted octanol–water partition coefficient (Wildman–Crippen LogP) is 4.09. The standard InChI is InChI=1S/C16H22BrNO/c1-12-6-8-15(17)11-14(12)7-9-16(19)18-10-4-3-5-13(18)2/h6,8,11,13H,3-5,7,9-10H2,1-2H3. The summed E-state index contributed by atoms with van der Waals surface area (Å²) in [4.78, 5) is 14.4. The van der Waals surface area contributed by atoms with Crippen molar-refractivity contribution in [3.63, 3.8) is 0 Å². The lowest BCUT2D eigenvalue weighted by molar-refractivity contribution is -0.134. The van der Waals surface area contributed by atoms with Gasteiger partial charge < -0.3 is 4.90 Å². The summed E-state index contributed by atoms with van der Waals surface area (Å²) in [6.07, 6.45) is 5.04. The van der Waals surface area contributed by atoms with Gasteiger partial charge >= 0.3 is 0 Å². The molecule has 2 rings (SSSR count). The van der Waals surface area contributed by atoms with Crippen LogP contribution in [0.2, 0.25) is 0 Å². The Bertz CT molecular complexity index is 458. The Kier molecular flexibility index (Phi) is 5.03. The minimum absolute atomic E-state index is 0.312. The molecular formula is C16H22BrNO. The van der Waals surface area contributed by atoms with Crippen molar-refractivity contribution in [2.75, 3.05) is 6.54 Å². The molecule has 1 aromatic rings. The molecule has 0 N–H and O–H groups in total. The fraction of sp³-hybridized carbons (Fsp3) is 0.562. The third-order valence-corrected chi connectivity index (χ3v) is 4.54. The summed E-state index contributed by atoms with van der Waals surface area (Å²) < 4.78 is 1.09. The van der Waals surface area contributed by atoms with Gasteiger partial charge in [0.15, 0.2) is 0 Å². The van der Waals surface area contributed by atoms with Gasteiger partial charge in [-0.25, -0.2) is 0 Å². The van der Waals surface area contributed by atoms with E-state index in [9.17, 15) is 4.79 Å². The van der Waals surface area contributed by atoms with Gasteiger partial charge in [-0.1, -0.05) is 22.0 Å². The highest BCUT2D eigenvalue weighted by Gasteiger charge is 2.22. The first-order valence-corrected chi connectivity index (χ1v) is 7.91. The molecule has 0 radical (unpaired) electrons. The van der Waals surface area contributed by atoms with E-state index in [0.29, 0.717) is 18.4 Å². The van der Waals surface area contributed by atoms with Gasteiger partial charge in [0.2, 0.25) is 5.91 Å². The molecule has 3 heteroatoms. The summed E-state index contributed by atoms with van der Waals surface area (Å²) in [5, 5.41) is 0. The summed E-state index contributed by atoms with van der Waals surface area (Å²) in [5.74, 6) is 0.312. The fourth-order valence-corrected chi connectivity index (χ4v) is 3.17. The highest BCUT2D eigenvalue weighted by Crippen LogP contribution is 2.20. The molecule has 1 heterocycles. The molecule has 104 valence electrons. The third kappa shape index (κ3) is 3.82. The van der Waals surface area contributed by atoms with Crippen LogP contribution in [0.4, 0.5) is 0 Å². The van der Waals surface area contributed by atoms with E-state index >= 15 is 0 Å². The highest BCUT2D eigenvalue weighted by molar-refractivity contribution is 9.10. The first kappa shape index (κ1) is 14.6. The molecule has 1 aliphatic heterocycles. The molecule has 0 aliphatic carbocycles. The summed E-state index contributed by atoms with van der Waals surface area (Å²) in [6.45, 7) is 5.22. The molecule has 1 atom stereocenters. The second kappa shape index (κ2) is 6.56. The number of rotatable bonds is 3. The van der Waals surface area contributed by atoms with E-state index in [1.54, 1.807) is 0 Å². The number of hydrogen-bond donors (Lipinski definition) is 0. The van der Waals surface area contributed by atoms with Crippen molar-refractivity contribution in [2.45, 2.75) is 52.0 Å². The van der Waals surface area contributed by atoms with Crippen LogP contribution < -0.4 is 0 Å². The van der Waals surface area contributed by atoms with Gasteiger partial charge in [0.25, 0.3) is 0 Å². The molecule has 0 spiro atoms. The van der Waals surface area contributed by atoms with Crippen LogP contribution in [0.25, 0.3) is 0 Å². The maximum absolute atomic E-state index is 12.3. The Morgan fingerprint density at radius 3 is 2.95 bits per heavy atom. The molecule has 1 amide bonds. The molecule has 1 aromatic carbocycles. The van der Waals surface area contributed by atoms with Gasteiger partial charge in [-0.3, -0.25) is 4.79 Å². The highest BCUT2D eigenvalue weighted by atomic mass is 79.9. The van der Waals surface area contributed by atoms with Crippen LogP contribution in [-0.4, -0.2) is 23.4 Å². The lowest BCUT2D eigenvalue weighted by Gasteiger charge is -2.33. The van der Waals surface area contributed by atoms with E-state index in [1.165, 1.54) is 17.5 Å². The molecular weight excluding hydrogens is 302 g/mol. The van der Waals surface area contributed by atoms with Crippen molar-refractivity contribution in [3.8, 4) is 0 Å². The van der Waals surface area contributed by atoms with Crippen molar-refractivity contribution in [1.82, 2.24) is 4.90 Å². The van der Waals surface area contributed by atoms with Crippen molar-refractivity contribution < 1.29 is 4.79 Å². The maximum atomic E-state index is 12.3. The van der Waals surface area contributed by atoms with Crippen LogP contribution in [-0.2, 0) is 11.2 Å². The first-order valence-electron chi connectivity index (χ1n) is 7.12. The molecule has 0 bridgehead atoms. The number of carbonyl (C=O) groups excluding carboxylic acids is 1. The van der Waals surface area contributed by atoms with Gasteiger partial charge in [0.05, 0.1) is 0 Å². The van der Waals surface area contributed by atoms with E-state index < -0.39 is 0 Å². The number of halogens is 1. The SMILES string of the molecule is Cc1ccc(Br)cc1CCC(=O)N1CCCCC1C. The molecule has 19 heavy (non-hydrogen) atoms. The monoisotopic (exact) mass is 323 g/mol. The second-order valence-electron chi connectivity index (χ2n) is 5.50. The van der Waals surface area contributed by atoms with E-state index in [1.807, 2.05) is 6.07 Å². The molecule has 1 aliphatic rings. The average molecular weight is 324 g/mol. The van der Waals surface area contributed by atoms with Gasteiger partial charge in [-0.05, 0) is 62.8 Å². The molecule has 0 aromatic heterocycles. The van der Waals surface area contributed by atoms with E-state index in [2.05, 4.69) is 46.8 Å². The van der Waals surface area contributed by atoms with Crippen LogP contribution >= 0.6 is 15.9 Å². The van der Waals surface area contributed by atoms with Gasteiger partial charge in [-0.15, -0.1) is 0 Å². The molecule has 1 unspecified atom stereocenters. The Labute approximate surface area is 124 Å². The Balaban J connectivity index is 1.94. The number of benzene rings is 1. The summed E-state index contributed by atoms with van der Waals surface area (Å²) in [6, 6.07) is 6.70. The summed E-state index contributed by atoms with van der Waals surface area (Å²) in [7, 11) is 0. The molecule has 0 saturated carbocycles. The third-order valence-electron chi connectivity index (χ3n) is 4.04. The summed E-state index contributed by atoms with van der Waals surface area (Å²) in [5.41, 5.74) is 2.54. The minimum Gasteiger partial charge on any atom is -0.340 e. The number of piperidine rings is 1. The number of amides is 1. The lowest BCUT2D eigenvalue weighted by Crippen LogP contribution is -2.42. The van der Waals surface area contributed by atoms with Crippen molar-refractivity contribution in [3.05, 3.63) is 33.8 Å². The number of carbonyl (C=O) groups is 1. The zero-order valence-electron chi connectivity index (χ0n) is 11.8. The maximum Gasteiger partial charge on any atom is 0.223 e. The number of nitrogens with zero attached hydrogens (tertiary/aromatic N) is 1. The smallest absolute Gasteiger partial charge is 0.223 e. The molecule has 2 nitrogen and oxygen atoms in total. The Hall–Kier alpha value is -0.830. The quantitative estimate of drug-likeness (QED) is 0.820. The number of likely N-dealkylation sites (tertiary alicyclic amines) is 1. The van der Waals surface area contributed by atoms with Crippen LogP contribution in [0.15, 0.2) is 22.7 Å². The largest absolute Gasteiger partial charge is 0.340 e. The van der Waals surface area contributed by atoms with Crippen LogP contribution in [0, 0.1) is 6.92 Å². The van der Waals surface area contributed by atoms with Crippen molar-refractivity contribution >= 4 is 21.8 Å². The minimum atomic E-state index is 0.312. The normalized spacial score (nSPS) is 19.5. The van der Waals surface area contributed by atoms with Crippen molar-refractivity contribution in [2.24, 2.45) is 0 Å². The zero-order chi connectivity index (χ0) is 13.8. The lowest BCUT2D eigenvalue weighted by atomic mass is 10.0. The number of aryl methyl sites for hydroxylation is 2. The molecule has 1 saturated heterocycles. The van der Waals surface area contributed by atoms with Crippen LogP contribution in [0.1, 0.15) is 43.7 Å². The predicted molar refractivity (Wildman–Crippen MR) is 82.2 cm³/mol. The number of hydrogen-bond acceptors (Lipinski definition) is 1. The van der Waals surface area contributed by atoms with Gasteiger partial charge in [0, 0.05) is 23.5 Å². The van der Waals surface area contributed by atoms with Crippen LogP contribution in [0.3, 0.4) is 0 Å². The topological polar surface area (TPSA) is 20.3 Å².